The molecule has 29 heavy (non-hydrogen) atoms. The summed E-state index contributed by atoms with van der Waals surface area (Å²) in [5.41, 5.74) is 2.07. The van der Waals surface area contributed by atoms with Crippen LogP contribution in [0.2, 0.25) is 0 Å². The average molecular weight is 618 g/mol. The van der Waals surface area contributed by atoms with Crippen LogP contribution in [-0.4, -0.2) is 30.0 Å². The lowest BCUT2D eigenvalue weighted by Gasteiger charge is -2.15. The van der Waals surface area contributed by atoms with Crippen LogP contribution >= 0.6 is 45.2 Å². The summed E-state index contributed by atoms with van der Waals surface area (Å²) < 4.78 is 13.8. The zero-order valence-electron chi connectivity index (χ0n) is 16.0. The summed E-state index contributed by atoms with van der Waals surface area (Å²) in [5.74, 6) is 0.926. The van der Waals surface area contributed by atoms with Crippen molar-refractivity contribution in [3.8, 4) is 11.5 Å². The van der Waals surface area contributed by atoms with Crippen LogP contribution in [0.1, 0.15) is 25.0 Å². The van der Waals surface area contributed by atoms with Gasteiger partial charge in [-0.25, -0.2) is 4.79 Å². The van der Waals surface area contributed by atoms with Gasteiger partial charge in [0.25, 0.3) is 5.91 Å². The summed E-state index contributed by atoms with van der Waals surface area (Å²) in [7, 11) is 0. The molecule has 0 saturated carbocycles. The van der Waals surface area contributed by atoms with Crippen LogP contribution in [0.25, 0.3) is 6.08 Å². The predicted molar refractivity (Wildman–Crippen MR) is 128 cm³/mol. The zero-order chi connectivity index (χ0) is 21.0. The number of amides is 3. The number of nitrogens with one attached hydrogen (secondary N) is 1. The van der Waals surface area contributed by atoms with Gasteiger partial charge in [-0.1, -0.05) is 12.1 Å². The number of urea groups is 1. The fraction of sp³-hybridized carbons (Fsp3) is 0.238. The summed E-state index contributed by atoms with van der Waals surface area (Å²) in [4.78, 5) is 25.3. The van der Waals surface area contributed by atoms with Crippen LogP contribution in [-0.2, 0) is 11.4 Å². The van der Waals surface area contributed by atoms with E-state index in [-0.39, 0.29) is 11.6 Å². The number of nitrogens with zero attached hydrogens (tertiary/aromatic N) is 1. The van der Waals surface area contributed by atoms with Gasteiger partial charge in [0.15, 0.2) is 11.5 Å². The Bertz CT molecular complexity index is 958. The third-order valence-electron chi connectivity index (χ3n) is 4.22. The molecule has 0 aliphatic carbocycles. The SMILES string of the molecule is CCOc1cc(/C=C2/NC(=O)N(CC)C2=O)cc(I)c1OCc1ccc(I)cc1. The second kappa shape index (κ2) is 9.79. The van der Waals surface area contributed by atoms with E-state index in [9.17, 15) is 9.59 Å². The van der Waals surface area contributed by atoms with Gasteiger partial charge < -0.3 is 14.8 Å². The number of imide groups is 1. The predicted octanol–water partition coefficient (Wildman–Crippen LogP) is 4.79. The number of ether oxygens (including phenoxy) is 2. The molecule has 1 fully saturated rings. The number of hydrogen-bond acceptors (Lipinski definition) is 4. The third-order valence-corrected chi connectivity index (χ3v) is 5.74. The second-order valence-electron chi connectivity index (χ2n) is 6.22. The third kappa shape index (κ3) is 5.21. The molecular formula is C21H20I2N2O4. The number of likely N-dealkylation sites (N-methyl/N-ethyl adjacent to an activating group) is 1. The van der Waals surface area contributed by atoms with E-state index >= 15 is 0 Å². The molecule has 0 spiro atoms. The molecular weight excluding hydrogens is 598 g/mol. The Hall–Kier alpha value is -1.82. The monoisotopic (exact) mass is 618 g/mol. The quantitative estimate of drug-likeness (QED) is 0.276. The number of rotatable bonds is 7. The van der Waals surface area contributed by atoms with Crippen LogP contribution in [0.3, 0.4) is 0 Å². The molecule has 3 amide bonds. The summed E-state index contributed by atoms with van der Waals surface area (Å²) in [6.45, 7) is 4.90. The van der Waals surface area contributed by atoms with Gasteiger partial charge in [-0.2, -0.15) is 0 Å². The molecule has 0 unspecified atom stereocenters. The van der Waals surface area contributed by atoms with Gasteiger partial charge in [-0.15, -0.1) is 0 Å². The first-order chi connectivity index (χ1) is 13.9. The highest BCUT2D eigenvalue weighted by molar-refractivity contribution is 14.1. The fourth-order valence-electron chi connectivity index (χ4n) is 2.84. The van der Waals surface area contributed by atoms with Gasteiger partial charge in [0, 0.05) is 10.1 Å². The minimum absolute atomic E-state index is 0.252. The van der Waals surface area contributed by atoms with E-state index in [1.165, 1.54) is 8.47 Å². The zero-order valence-corrected chi connectivity index (χ0v) is 20.3. The van der Waals surface area contributed by atoms with Crippen LogP contribution in [0.15, 0.2) is 42.1 Å². The van der Waals surface area contributed by atoms with Crippen molar-refractivity contribution in [3.05, 3.63) is 60.4 Å². The van der Waals surface area contributed by atoms with Gasteiger partial charge in [0.1, 0.15) is 12.3 Å². The maximum absolute atomic E-state index is 12.3. The van der Waals surface area contributed by atoms with Gasteiger partial charge in [0.2, 0.25) is 0 Å². The van der Waals surface area contributed by atoms with E-state index in [1.807, 2.05) is 43.3 Å². The van der Waals surface area contributed by atoms with E-state index in [4.69, 9.17) is 9.47 Å². The van der Waals surface area contributed by atoms with Crippen LogP contribution < -0.4 is 14.8 Å². The van der Waals surface area contributed by atoms with Crippen molar-refractivity contribution >= 4 is 63.2 Å². The summed E-state index contributed by atoms with van der Waals surface area (Å²) in [6.07, 6.45) is 1.66. The minimum Gasteiger partial charge on any atom is -0.490 e. The van der Waals surface area contributed by atoms with E-state index in [1.54, 1.807) is 13.0 Å². The van der Waals surface area contributed by atoms with Crippen molar-refractivity contribution in [2.24, 2.45) is 0 Å². The first kappa shape index (κ1) is 21.9. The molecule has 1 aliphatic heterocycles. The van der Waals surface area contributed by atoms with Crippen molar-refractivity contribution in [2.45, 2.75) is 20.5 Å². The highest BCUT2D eigenvalue weighted by Gasteiger charge is 2.32. The topological polar surface area (TPSA) is 67.9 Å². The first-order valence-electron chi connectivity index (χ1n) is 9.11. The molecule has 3 rings (SSSR count). The average Bonchev–Trinajstić information content (AvgIpc) is 2.95. The van der Waals surface area contributed by atoms with Crippen molar-refractivity contribution in [3.63, 3.8) is 0 Å². The molecule has 8 heteroatoms. The van der Waals surface area contributed by atoms with E-state index in [0.717, 1.165) is 14.7 Å². The summed E-state index contributed by atoms with van der Waals surface area (Å²) in [6, 6.07) is 11.4. The lowest BCUT2D eigenvalue weighted by atomic mass is 10.1. The second-order valence-corrected chi connectivity index (χ2v) is 8.62. The summed E-state index contributed by atoms with van der Waals surface area (Å²) in [5, 5.41) is 2.61. The van der Waals surface area contributed by atoms with Crippen LogP contribution in [0.4, 0.5) is 4.79 Å². The molecule has 0 radical (unpaired) electrons. The maximum atomic E-state index is 12.3. The van der Waals surface area contributed by atoms with Gasteiger partial charge in [-0.3, -0.25) is 9.69 Å². The Labute approximate surface area is 196 Å². The van der Waals surface area contributed by atoms with Crippen molar-refractivity contribution in [1.29, 1.82) is 0 Å². The number of hydrogen-bond donors (Lipinski definition) is 1. The smallest absolute Gasteiger partial charge is 0.328 e. The lowest BCUT2D eigenvalue weighted by molar-refractivity contribution is -0.122. The van der Waals surface area contributed by atoms with Gasteiger partial charge >= 0.3 is 6.03 Å². The Morgan fingerprint density at radius 1 is 1.07 bits per heavy atom. The van der Waals surface area contributed by atoms with E-state index in [2.05, 4.69) is 50.5 Å². The molecule has 0 aromatic heterocycles. The Morgan fingerprint density at radius 3 is 2.41 bits per heavy atom. The molecule has 152 valence electrons. The molecule has 2 aromatic rings. The van der Waals surface area contributed by atoms with Gasteiger partial charge in [-0.05, 0) is 100 Å². The van der Waals surface area contributed by atoms with E-state index < -0.39 is 6.03 Å². The maximum Gasteiger partial charge on any atom is 0.328 e. The highest BCUT2D eigenvalue weighted by atomic mass is 127. The largest absolute Gasteiger partial charge is 0.490 e. The molecule has 1 saturated heterocycles. The molecule has 6 nitrogen and oxygen atoms in total. The minimum atomic E-state index is -0.402. The molecule has 1 N–H and O–H groups in total. The Kier molecular flexibility index (Phi) is 7.38. The normalized spacial score (nSPS) is 15.0. The number of carbonyl (C=O) groups is 2. The lowest BCUT2D eigenvalue weighted by Crippen LogP contribution is -2.30. The Balaban J connectivity index is 1.86. The molecule has 1 aliphatic rings. The molecule has 0 atom stereocenters. The molecule has 2 aromatic carbocycles. The van der Waals surface area contributed by atoms with E-state index in [0.29, 0.717) is 31.3 Å². The van der Waals surface area contributed by atoms with Crippen molar-refractivity contribution in [2.75, 3.05) is 13.2 Å². The first-order valence-corrected chi connectivity index (χ1v) is 11.3. The summed E-state index contributed by atoms with van der Waals surface area (Å²) >= 11 is 4.46. The van der Waals surface area contributed by atoms with Crippen LogP contribution in [0.5, 0.6) is 11.5 Å². The van der Waals surface area contributed by atoms with Crippen LogP contribution in [0, 0.1) is 7.14 Å². The molecule has 0 bridgehead atoms. The number of carbonyl (C=O) groups excluding carboxylic acids is 2. The standard InChI is InChI=1S/C21H20I2N2O4/c1-3-25-20(26)17(24-21(25)27)10-14-9-16(23)19(18(11-14)28-4-2)29-12-13-5-7-15(22)8-6-13/h5-11H,3-4,12H2,1-2H3,(H,24,27)/b17-10+. The Morgan fingerprint density at radius 2 is 1.79 bits per heavy atom. The van der Waals surface area contributed by atoms with Crippen molar-refractivity contribution in [1.82, 2.24) is 10.2 Å². The fourth-order valence-corrected chi connectivity index (χ4v) is 3.98. The van der Waals surface area contributed by atoms with Gasteiger partial charge in [0.05, 0.1) is 10.2 Å². The highest BCUT2D eigenvalue weighted by Crippen LogP contribution is 2.35. The van der Waals surface area contributed by atoms with Crippen molar-refractivity contribution < 1.29 is 19.1 Å². The molecule has 1 heterocycles. The number of benzene rings is 2. The number of halogens is 2.